The first kappa shape index (κ1) is 14.7. The van der Waals surface area contributed by atoms with Crippen molar-refractivity contribution in [1.82, 2.24) is 10.2 Å². The zero-order valence-corrected chi connectivity index (χ0v) is 10.5. The molecule has 1 aliphatic rings. The Morgan fingerprint density at radius 2 is 2.07 bits per heavy atom. The van der Waals surface area contributed by atoms with Crippen LogP contribution in [0.25, 0.3) is 0 Å². The van der Waals surface area contributed by atoms with Gasteiger partial charge in [0.1, 0.15) is 6.04 Å². The number of morpholine rings is 1. The molecule has 4 nitrogen and oxygen atoms in total. The second-order valence-electron chi connectivity index (χ2n) is 3.52. The van der Waals surface area contributed by atoms with E-state index in [0.717, 1.165) is 19.6 Å². The van der Waals surface area contributed by atoms with Crippen LogP contribution in [-0.2, 0) is 9.53 Å². The molecule has 1 saturated heterocycles. The summed E-state index contributed by atoms with van der Waals surface area (Å²) in [5.74, 6) is 0.155. The van der Waals surface area contributed by atoms with Gasteiger partial charge in [-0.2, -0.15) is 0 Å². The lowest BCUT2D eigenvalue weighted by Crippen LogP contribution is -2.56. The molecule has 0 unspecified atom stereocenters. The first-order valence-corrected chi connectivity index (χ1v) is 5.34. The normalized spacial score (nSPS) is 25.5. The highest BCUT2D eigenvalue weighted by Crippen LogP contribution is 2.07. The van der Waals surface area contributed by atoms with E-state index in [4.69, 9.17) is 4.74 Å². The Balaban J connectivity index is 0.00000196. The number of nitrogens with one attached hydrogen (secondary N) is 1. The number of hydrogen-bond acceptors (Lipinski definition) is 3. The zero-order valence-electron chi connectivity index (χ0n) is 9.66. The first-order valence-electron chi connectivity index (χ1n) is 5.34. The molecule has 1 amide bonds. The molecule has 1 heterocycles. The van der Waals surface area contributed by atoms with Crippen molar-refractivity contribution in [3.63, 3.8) is 0 Å². The second kappa shape index (κ2) is 7.04. The second-order valence-corrected chi connectivity index (χ2v) is 3.52. The van der Waals surface area contributed by atoms with Gasteiger partial charge in [-0.05, 0) is 20.8 Å². The molecule has 0 saturated carbocycles. The first-order chi connectivity index (χ1) is 6.70. The van der Waals surface area contributed by atoms with E-state index in [0.29, 0.717) is 6.61 Å². The van der Waals surface area contributed by atoms with Crippen molar-refractivity contribution in [3.8, 4) is 0 Å². The number of carbonyl (C=O) groups excluding carboxylic acids is 1. The van der Waals surface area contributed by atoms with Crippen LogP contribution in [0.3, 0.4) is 0 Å². The van der Waals surface area contributed by atoms with Crippen molar-refractivity contribution in [2.24, 2.45) is 0 Å². The predicted octanol–water partition coefficient (Wildman–Crippen LogP) is 0.653. The van der Waals surface area contributed by atoms with Crippen molar-refractivity contribution in [1.29, 1.82) is 0 Å². The summed E-state index contributed by atoms with van der Waals surface area (Å²) >= 11 is 0. The van der Waals surface area contributed by atoms with E-state index in [1.54, 1.807) is 0 Å². The predicted molar refractivity (Wildman–Crippen MR) is 62.4 cm³/mol. The monoisotopic (exact) mass is 236 g/mol. The molecule has 0 bridgehead atoms. The number of amides is 1. The number of carbonyl (C=O) groups is 1. The number of nitrogens with zero attached hydrogens (tertiary/aromatic N) is 1. The van der Waals surface area contributed by atoms with Crippen LogP contribution in [0, 0.1) is 0 Å². The third kappa shape index (κ3) is 3.63. The minimum atomic E-state index is -0.163. The summed E-state index contributed by atoms with van der Waals surface area (Å²) in [7, 11) is 0. The zero-order chi connectivity index (χ0) is 10.6. The molecule has 1 fully saturated rings. The Morgan fingerprint density at radius 3 is 2.53 bits per heavy atom. The maximum absolute atomic E-state index is 12.0. The highest BCUT2D eigenvalue weighted by Gasteiger charge is 2.30. The van der Waals surface area contributed by atoms with Crippen molar-refractivity contribution >= 4 is 18.3 Å². The summed E-state index contributed by atoms with van der Waals surface area (Å²) in [6.45, 7) is 8.93. The third-order valence-electron chi connectivity index (χ3n) is 2.66. The summed E-state index contributed by atoms with van der Waals surface area (Å²) in [5, 5.41) is 3.20. The molecule has 15 heavy (non-hydrogen) atoms. The van der Waals surface area contributed by atoms with Crippen LogP contribution in [0.2, 0.25) is 0 Å². The minimum absolute atomic E-state index is 0. The van der Waals surface area contributed by atoms with Crippen LogP contribution in [0.4, 0.5) is 0 Å². The summed E-state index contributed by atoms with van der Waals surface area (Å²) in [6.07, 6.45) is -0.0168. The summed E-state index contributed by atoms with van der Waals surface area (Å²) < 4.78 is 5.44. The quantitative estimate of drug-likeness (QED) is 0.783. The Labute approximate surface area is 97.8 Å². The molecule has 0 aromatic rings. The van der Waals surface area contributed by atoms with Crippen molar-refractivity contribution in [2.45, 2.75) is 32.9 Å². The van der Waals surface area contributed by atoms with Crippen molar-refractivity contribution in [3.05, 3.63) is 0 Å². The van der Waals surface area contributed by atoms with Gasteiger partial charge in [-0.3, -0.25) is 4.79 Å². The van der Waals surface area contributed by atoms with Gasteiger partial charge in [0.2, 0.25) is 5.91 Å². The summed E-state index contributed by atoms with van der Waals surface area (Å²) in [5.41, 5.74) is 0. The molecule has 0 radical (unpaired) electrons. The van der Waals surface area contributed by atoms with E-state index in [1.165, 1.54) is 0 Å². The van der Waals surface area contributed by atoms with E-state index in [1.807, 2.05) is 25.7 Å². The Hall–Kier alpha value is -0.320. The van der Waals surface area contributed by atoms with Crippen LogP contribution in [0.5, 0.6) is 0 Å². The van der Waals surface area contributed by atoms with Crippen LogP contribution >= 0.6 is 12.4 Å². The molecular weight excluding hydrogens is 216 g/mol. The Bertz CT molecular complexity index is 198. The smallest absolute Gasteiger partial charge is 0.242 e. The fourth-order valence-electron chi connectivity index (χ4n) is 1.74. The fraction of sp³-hybridized carbons (Fsp3) is 0.900. The van der Waals surface area contributed by atoms with Crippen molar-refractivity contribution in [2.75, 3.05) is 26.2 Å². The van der Waals surface area contributed by atoms with Gasteiger partial charge >= 0.3 is 0 Å². The van der Waals surface area contributed by atoms with Gasteiger partial charge < -0.3 is 15.0 Å². The topological polar surface area (TPSA) is 41.6 Å². The van der Waals surface area contributed by atoms with Gasteiger partial charge in [0.15, 0.2) is 0 Å². The number of ether oxygens (including phenoxy) is 1. The lowest BCUT2D eigenvalue weighted by molar-refractivity contribution is -0.139. The van der Waals surface area contributed by atoms with Crippen LogP contribution in [-0.4, -0.2) is 49.2 Å². The lowest BCUT2D eigenvalue weighted by Gasteiger charge is -2.33. The summed E-state index contributed by atoms with van der Waals surface area (Å²) in [4.78, 5) is 13.8. The highest BCUT2D eigenvalue weighted by molar-refractivity contribution is 5.85. The molecule has 0 aromatic carbocycles. The average molecular weight is 237 g/mol. The largest absolute Gasteiger partial charge is 0.375 e. The third-order valence-corrected chi connectivity index (χ3v) is 2.66. The van der Waals surface area contributed by atoms with Crippen LogP contribution in [0.15, 0.2) is 0 Å². The molecule has 90 valence electrons. The number of halogens is 1. The maximum Gasteiger partial charge on any atom is 0.242 e. The van der Waals surface area contributed by atoms with E-state index >= 15 is 0 Å². The SMILES string of the molecule is CCN(CC)C(=O)[C@H]1NCCO[C@@H]1C.Cl. The Morgan fingerprint density at radius 1 is 1.47 bits per heavy atom. The standard InChI is InChI=1S/C10H20N2O2.ClH/c1-4-12(5-2)10(13)9-8(3)14-7-6-11-9;/h8-9,11H,4-7H2,1-3H3;1H/t8-,9+;/m1./s1. The molecule has 5 heteroatoms. The number of likely N-dealkylation sites (N-methyl/N-ethyl adjacent to an activating group) is 1. The van der Waals surface area contributed by atoms with Gasteiger partial charge in [-0.1, -0.05) is 0 Å². The average Bonchev–Trinajstić information content (AvgIpc) is 2.20. The van der Waals surface area contributed by atoms with Gasteiger partial charge in [0, 0.05) is 19.6 Å². The number of rotatable bonds is 3. The minimum Gasteiger partial charge on any atom is -0.375 e. The molecule has 1 rings (SSSR count). The number of hydrogen-bond donors (Lipinski definition) is 1. The highest BCUT2D eigenvalue weighted by atomic mass is 35.5. The Kier molecular flexibility index (Phi) is 6.89. The molecular formula is C10H21ClN2O2. The molecule has 2 atom stereocenters. The summed E-state index contributed by atoms with van der Waals surface area (Å²) in [6, 6.07) is -0.163. The van der Waals surface area contributed by atoms with Crippen LogP contribution < -0.4 is 5.32 Å². The van der Waals surface area contributed by atoms with Gasteiger partial charge in [-0.15, -0.1) is 12.4 Å². The molecule has 0 aromatic heterocycles. The van der Waals surface area contributed by atoms with Gasteiger partial charge in [-0.25, -0.2) is 0 Å². The molecule has 0 aliphatic carbocycles. The van der Waals surface area contributed by atoms with E-state index < -0.39 is 0 Å². The molecule has 0 spiro atoms. The maximum atomic E-state index is 12.0. The lowest BCUT2D eigenvalue weighted by atomic mass is 10.1. The van der Waals surface area contributed by atoms with Crippen LogP contribution in [0.1, 0.15) is 20.8 Å². The van der Waals surface area contributed by atoms with E-state index in [9.17, 15) is 4.79 Å². The molecule has 1 N–H and O–H groups in total. The van der Waals surface area contributed by atoms with Gasteiger partial charge in [0.25, 0.3) is 0 Å². The van der Waals surface area contributed by atoms with Gasteiger partial charge in [0.05, 0.1) is 12.7 Å². The van der Waals surface area contributed by atoms with E-state index in [2.05, 4.69) is 5.32 Å². The van der Waals surface area contributed by atoms with E-state index in [-0.39, 0.29) is 30.5 Å². The fourth-order valence-corrected chi connectivity index (χ4v) is 1.74. The molecule has 1 aliphatic heterocycles. The van der Waals surface area contributed by atoms with Crippen molar-refractivity contribution < 1.29 is 9.53 Å².